The molecule has 1 aliphatic carbocycles. The zero-order valence-corrected chi connectivity index (χ0v) is 11.6. The molecule has 19 heavy (non-hydrogen) atoms. The van der Waals surface area contributed by atoms with Gasteiger partial charge in [0.05, 0.1) is 5.02 Å². The van der Waals surface area contributed by atoms with Crippen LogP contribution in [0.25, 0.3) is 0 Å². The molecule has 1 aromatic rings. The van der Waals surface area contributed by atoms with Crippen molar-refractivity contribution < 1.29 is 9.18 Å². The zero-order chi connectivity index (χ0) is 13.8. The molecule has 0 heterocycles. The molecule has 0 aromatic heterocycles. The van der Waals surface area contributed by atoms with Crippen molar-refractivity contribution in [3.05, 3.63) is 29.0 Å². The van der Waals surface area contributed by atoms with Crippen molar-refractivity contribution in [2.24, 2.45) is 0 Å². The summed E-state index contributed by atoms with van der Waals surface area (Å²) < 4.78 is 13.3. The maximum atomic E-state index is 13.3. The molecule has 0 aliphatic heterocycles. The number of carbonyl (C=O) groups is 1. The van der Waals surface area contributed by atoms with Crippen molar-refractivity contribution in [2.45, 2.75) is 44.7 Å². The number of carbonyl (C=O) groups excluding carboxylic acids is 1. The summed E-state index contributed by atoms with van der Waals surface area (Å²) in [6.07, 6.45) is 4.45. The van der Waals surface area contributed by atoms with Gasteiger partial charge in [-0.15, -0.1) is 0 Å². The van der Waals surface area contributed by atoms with Crippen LogP contribution in [0.1, 0.15) is 32.6 Å². The molecule has 0 radical (unpaired) electrons. The first-order valence-corrected chi connectivity index (χ1v) is 6.96. The maximum Gasteiger partial charge on any atom is 0.242 e. The second-order valence-corrected chi connectivity index (χ2v) is 5.39. The molecule has 1 amide bonds. The van der Waals surface area contributed by atoms with Crippen LogP contribution in [-0.2, 0) is 4.79 Å². The molecule has 104 valence electrons. The predicted octanol–water partition coefficient (Wildman–Crippen LogP) is 3.34. The summed E-state index contributed by atoms with van der Waals surface area (Å²) in [5.41, 5.74) is 0.552. The van der Waals surface area contributed by atoms with E-state index >= 15 is 0 Å². The normalized spacial score (nSPS) is 17.2. The number of benzene rings is 1. The Morgan fingerprint density at radius 1 is 1.42 bits per heavy atom. The fourth-order valence-corrected chi connectivity index (χ4v) is 2.42. The molecule has 1 unspecified atom stereocenters. The first-order valence-electron chi connectivity index (χ1n) is 6.58. The van der Waals surface area contributed by atoms with E-state index in [1.165, 1.54) is 25.0 Å². The minimum Gasteiger partial charge on any atom is -0.374 e. The van der Waals surface area contributed by atoms with Crippen molar-refractivity contribution in [3.8, 4) is 0 Å². The van der Waals surface area contributed by atoms with Gasteiger partial charge < -0.3 is 10.6 Å². The van der Waals surface area contributed by atoms with Crippen molar-refractivity contribution in [1.82, 2.24) is 5.32 Å². The summed E-state index contributed by atoms with van der Waals surface area (Å²) >= 11 is 5.61. The summed E-state index contributed by atoms with van der Waals surface area (Å²) in [6.45, 7) is 1.76. The molecule has 1 aromatic carbocycles. The van der Waals surface area contributed by atoms with E-state index in [2.05, 4.69) is 10.6 Å². The van der Waals surface area contributed by atoms with E-state index in [4.69, 9.17) is 11.6 Å². The van der Waals surface area contributed by atoms with Crippen LogP contribution in [0, 0.1) is 5.82 Å². The number of halogens is 2. The van der Waals surface area contributed by atoms with Crippen LogP contribution in [0.3, 0.4) is 0 Å². The van der Waals surface area contributed by atoms with Gasteiger partial charge in [-0.1, -0.05) is 24.4 Å². The topological polar surface area (TPSA) is 41.1 Å². The van der Waals surface area contributed by atoms with Gasteiger partial charge in [-0.25, -0.2) is 4.39 Å². The van der Waals surface area contributed by atoms with Gasteiger partial charge in [-0.2, -0.15) is 0 Å². The van der Waals surface area contributed by atoms with Gasteiger partial charge in [-0.3, -0.25) is 4.79 Å². The standard InChI is InChI=1S/C14H18ClFN2O/c1-9(14(19)18-10-4-2-3-5-10)17-11-6-7-12(15)13(16)8-11/h6-10,17H,2-5H2,1H3,(H,18,19). The first-order chi connectivity index (χ1) is 9.06. The van der Waals surface area contributed by atoms with Crippen LogP contribution < -0.4 is 10.6 Å². The lowest BCUT2D eigenvalue weighted by atomic mass is 10.2. The number of nitrogens with one attached hydrogen (secondary N) is 2. The van der Waals surface area contributed by atoms with E-state index in [-0.39, 0.29) is 10.9 Å². The Bertz CT molecular complexity index is 461. The second kappa shape index (κ2) is 6.24. The summed E-state index contributed by atoms with van der Waals surface area (Å²) in [5, 5.41) is 6.05. The van der Waals surface area contributed by atoms with Crippen LogP contribution in [0.5, 0.6) is 0 Å². The largest absolute Gasteiger partial charge is 0.374 e. The minimum absolute atomic E-state index is 0.0535. The molecule has 3 nitrogen and oxygen atoms in total. The van der Waals surface area contributed by atoms with Crippen molar-refractivity contribution in [1.29, 1.82) is 0 Å². The van der Waals surface area contributed by atoms with Gasteiger partial charge in [0.25, 0.3) is 0 Å². The maximum absolute atomic E-state index is 13.3. The minimum atomic E-state index is -0.491. The van der Waals surface area contributed by atoms with Gasteiger partial charge in [0, 0.05) is 11.7 Å². The smallest absolute Gasteiger partial charge is 0.242 e. The highest BCUT2D eigenvalue weighted by atomic mass is 35.5. The molecule has 1 fully saturated rings. The Kier molecular flexibility index (Phi) is 4.64. The van der Waals surface area contributed by atoms with E-state index < -0.39 is 11.9 Å². The van der Waals surface area contributed by atoms with Crippen molar-refractivity contribution in [2.75, 3.05) is 5.32 Å². The molecular weight excluding hydrogens is 267 g/mol. The second-order valence-electron chi connectivity index (χ2n) is 4.98. The zero-order valence-electron chi connectivity index (χ0n) is 10.9. The van der Waals surface area contributed by atoms with E-state index in [9.17, 15) is 9.18 Å². The van der Waals surface area contributed by atoms with E-state index in [0.29, 0.717) is 11.7 Å². The molecular formula is C14H18ClFN2O. The molecule has 0 spiro atoms. The van der Waals surface area contributed by atoms with E-state index in [1.807, 2.05) is 0 Å². The Morgan fingerprint density at radius 2 is 2.11 bits per heavy atom. The highest BCUT2D eigenvalue weighted by molar-refractivity contribution is 6.30. The third kappa shape index (κ3) is 3.83. The van der Waals surface area contributed by atoms with Gasteiger partial charge in [0.2, 0.25) is 5.91 Å². The fourth-order valence-electron chi connectivity index (χ4n) is 2.30. The van der Waals surface area contributed by atoms with E-state index in [1.54, 1.807) is 13.0 Å². The molecule has 2 N–H and O–H groups in total. The van der Waals surface area contributed by atoms with Gasteiger partial charge in [0.1, 0.15) is 11.9 Å². The molecule has 5 heteroatoms. The summed E-state index contributed by atoms with van der Waals surface area (Å²) in [5.74, 6) is -0.544. The highest BCUT2D eigenvalue weighted by Crippen LogP contribution is 2.20. The summed E-state index contributed by atoms with van der Waals surface area (Å²) in [6, 6.07) is 4.31. The van der Waals surface area contributed by atoms with Gasteiger partial charge >= 0.3 is 0 Å². The van der Waals surface area contributed by atoms with Gasteiger partial charge in [0.15, 0.2) is 0 Å². The average Bonchev–Trinajstić information content (AvgIpc) is 2.86. The van der Waals surface area contributed by atoms with E-state index in [0.717, 1.165) is 12.8 Å². The number of rotatable bonds is 4. The Morgan fingerprint density at radius 3 is 2.74 bits per heavy atom. The van der Waals surface area contributed by atoms with Crippen LogP contribution in [0.15, 0.2) is 18.2 Å². The molecule has 0 saturated heterocycles. The van der Waals surface area contributed by atoms with Crippen molar-refractivity contribution >= 4 is 23.2 Å². The highest BCUT2D eigenvalue weighted by Gasteiger charge is 2.20. The lowest BCUT2D eigenvalue weighted by Crippen LogP contribution is -2.42. The monoisotopic (exact) mass is 284 g/mol. The lowest BCUT2D eigenvalue weighted by Gasteiger charge is -2.18. The molecule has 1 saturated carbocycles. The SMILES string of the molecule is CC(Nc1ccc(Cl)c(F)c1)C(=O)NC1CCCC1. The number of anilines is 1. The summed E-state index contributed by atoms with van der Waals surface area (Å²) in [4.78, 5) is 12.0. The molecule has 1 aliphatic rings. The molecule has 1 atom stereocenters. The van der Waals surface area contributed by atoms with Crippen LogP contribution in [0.2, 0.25) is 5.02 Å². The van der Waals surface area contributed by atoms with Crippen LogP contribution in [0.4, 0.5) is 10.1 Å². The predicted molar refractivity (Wildman–Crippen MR) is 74.9 cm³/mol. The Balaban J connectivity index is 1.90. The molecule has 2 rings (SSSR count). The lowest BCUT2D eigenvalue weighted by molar-refractivity contribution is -0.122. The number of hydrogen-bond donors (Lipinski definition) is 2. The molecule has 0 bridgehead atoms. The Hall–Kier alpha value is -1.29. The third-order valence-electron chi connectivity index (χ3n) is 3.40. The fraction of sp³-hybridized carbons (Fsp3) is 0.500. The average molecular weight is 285 g/mol. The van der Waals surface area contributed by atoms with Crippen LogP contribution >= 0.6 is 11.6 Å². The van der Waals surface area contributed by atoms with Crippen LogP contribution in [-0.4, -0.2) is 18.0 Å². The first kappa shape index (κ1) is 14.1. The number of hydrogen-bond acceptors (Lipinski definition) is 2. The quantitative estimate of drug-likeness (QED) is 0.890. The Labute approximate surface area is 117 Å². The van der Waals surface area contributed by atoms with Crippen molar-refractivity contribution in [3.63, 3.8) is 0 Å². The summed E-state index contributed by atoms with van der Waals surface area (Å²) in [7, 11) is 0. The third-order valence-corrected chi connectivity index (χ3v) is 3.70. The van der Waals surface area contributed by atoms with Gasteiger partial charge in [-0.05, 0) is 38.0 Å². The number of amides is 1.